The normalized spacial score (nSPS) is 34.4. The van der Waals surface area contributed by atoms with Crippen molar-refractivity contribution in [2.24, 2.45) is 0 Å². The van der Waals surface area contributed by atoms with Crippen molar-refractivity contribution in [2.75, 3.05) is 26.4 Å². The number of nitrogens with zero attached hydrogens (tertiary/aromatic N) is 1. The first-order chi connectivity index (χ1) is 14.6. The zero-order chi connectivity index (χ0) is 20.6. The summed E-state index contributed by atoms with van der Waals surface area (Å²) in [6.07, 6.45) is 5.72. The predicted molar refractivity (Wildman–Crippen MR) is 109 cm³/mol. The Morgan fingerprint density at radius 1 is 1.00 bits per heavy atom. The number of ether oxygens (including phenoxy) is 3. The highest BCUT2D eigenvalue weighted by Crippen LogP contribution is 2.40. The molecule has 0 radical (unpaired) electrons. The number of rotatable bonds is 0. The van der Waals surface area contributed by atoms with Crippen LogP contribution in [0.15, 0.2) is 24.3 Å². The number of carbonyl (C=O) groups excluding carboxylic acids is 2. The third kappa shape index (κ3) is 3.64. The number of cyclic esters (lactones) is 1. The van der Waals surface area contributed by atoms with Crippen LogP contribution < -0.4 is 10.1 Å². The highest BCUT2D eigenvalue weighted by molar-refractivity contribution is 5.78. The van der Waals surface area contributed by atoms with Crippen LogP contribution in [0, 0.1) is 0 Å². The molecule has 7 heteroatoms. The second-order valence-corrected chi connectivity index (χ2v) is 8.96. The Kier molecular flexibility index (Phi) is 5.31. The molecular formula is C23H30N2O5. The summed E-state index contributed by atoms with van der Waals surface area (Å²) in [5.41, 5.74) is 0.801. The van der Waals surface area contributed by atoms with Crippen LogP contribution in [0.25, 0.3) is 0 Å². The molecule has 6 rings (SSSR count). The molecule has 1 N–H and O–H groups in total. The number of fused-ring (bicyclic) bond motifs is 6. The van der Waals surface area contributed by atoms with E-state index >= 15 is 0 Å². The van der Waals surface area contributed by atoms with E-state index in [1.165, 1.54) is 5.56 Å². The van der Waals surface area contributed by atoms with E-state index in [-0.39, 0.29) is 18.1 Å². The maximum Gasteiger partial charge on any atom is 0.407 e. The molecule has 1 aliphatic carbocycles. The minimum absolute atomic E-state index is 0.0564. The van der Waals surface area contributed by atoms with Crippen LogP contribution >= 0.6 is 0 Å². The van der Waals surface area contributed by atoms with E-state index in [2.05, 4.69) is 17.4 Å². The average molecular weight is 415 g/mol. The van der Waals surface area contributed by atoms with Crippen molar-refractivity contribution < 1.29 is 23.8 Å². The Morgan fingerprint density at radius 2 is 1.83 bits per heavy atom. The number of hydrogen-bond donors (Lipinski definition) is 1. The molecule has 1 saturated carbocycles. The van der Waals surface area contributed by atoms with Gasteiger partial charge in [-0.3, -0.25) is 4.79 Å². The molecule has 0 aromatic heterocycles. The third-order valence-corrected chi connectivity index (χ3v) is 7.36. The minimum atomic E-state index is -0.452. The van der Waals surface area contributed by atoms with Gasteiger partial charge in [0.1, 0.15) is 5.75 Å². The zero-order valence-electron chi connectivity index (χ0n) is 17.3. The van der Waals surface area contributed by atoms with Gasteiger partial charge in [-0.05, 0) is 49.7 Å². The van der Waals surface area contributed by atoms with Gasteiger partial charge in [0.25, 0.3) is 0 Å². The van der Waals surface area contributed by atoms with Crippen molar-refractivity contribution in [3.8, 4) is 5.75 Å². The van der Waals surface area contributed by atoms with Crippen molar-refractivity contribution in [2.45, 2.75) is 68.5 Å². The Labute approximate surface area is 177 Å². The van der Waals surface area contributed by atoms with Crippen molar-refractivity contribution >= 4 is 12.0 Å². The zero-order valence-corrected chi connectivity index (χ0v) is 17.3. The standard InChI is InChI=1S/C23H30N2O5/c26-21-9-13-28-19-4-2-1-3-18(19)16-5-7-17(8-6-16)30-15-20-23(10-12-25(20)21)11-14-29-22(27)24-23/h1-4,16-17,20H,5-15H2,(H,24,27)/t16?,17?,20-,23+/m0/s1. The molecule has 3 fully saturated rings. The van der Waals surface area contributed by atoms with E-state index in [1.807, 2.05) is 17.0 Å². The highest BCUT2D eigenvalue weighted by Gasteiger charge is 2.52. The SMILES string of the molecule is O=C1N[C@@]2(CCO1)CCN1C(=O)CCOc3ccccc3C3CCC(CC3)OC[C@H]12. The first-order valence-electron chi connectivity index (χ1n) is 11.2. The fraction of sp³-hybridized carbons (Fsp3) is 0.652. The molecular weight excluding hydrogens is 384 g/mol. The number of nitrogens with one attached hydrogen (secondary N) is 1. The highest BCUT2D eigenvalue weighted by atomic mass is 16.6. The van der Waals surface area contributed by atoms with Gasteiger partial charge in [-0.25, -0.2) is 4.79 Å². The van der Waals surface area contributed by atoms with E-state index in [0.29, 0.717) is 45.1 Å². The summed E-state index contributed by atoms with van der Waals surface area (Å²) in [7, 11) is 0. The van der Waals surface area contributed by atoms with E-state index < -0.39 is 11.6 Å². The lowest BCUT2D eigenvalue weighted by Crippen LogP contribution is -2.62. The minimum Gasteiger partial charge on any atom is -0.493 e. The number of alkyl carbamates (subject to hydrolysis) is 1. The van der Waals surface area contributed by atoms with Gasteiger partial charge >= 0.3 is 6.09 Å². The summed E-state index contributed by atoms with van der Waals surface area (Å²) < 4.78 is 17.6. The molecule has 7 nitrogen and oxygen atoms in total. The lowest BCUT2D eigenvalue weighted by Gasteiger charge is -2.41. The van der Waals surface area contributed by atoms with Gasteiger partial charge in [-0.1, -0.05) is 18.2 Å². The lowest BCUT2D eigenvalue weighted by atomic mass is 9.82. The van der Waals surface area contributed by atoms with Gasteiger partial charge in [0.15, 0.2) is 0 Å². The Morgan fingerprint density at radius 3 is 2.67 bits per heavy atom. The average Bonchev–Trinajstić information content (AvgIpc) is 3.09. The molecule has 0 unspecified atom stereocenters. The van der Waals surface area contributed by atoms with Gasteiger partial charge < -0.3 is 24.4 Å². The first-order valence-corrected chi connectivity index (χ1v) is 11.2. The van der Waals surface area contributed by atoms with E-state index in [4.69, 9.17) is 14.2 Å². The van der Waals surface area contributed by atoms with Gasteiger partial charge in [0.05, 0.1) is 43.9 Å². The number of amides is 2. The summed E-state index contributed by atoms with van der Waals surface area (Å²) in [4.78, 5) is 27.0. The van der Waals surface area contributed by atoms with Gasteiger partial charge in [0.2, 0.25) is 5.91 Å². The van der Waals surface area contributed by atoms with Crippen molar-refractivity contribution in [3.63, 3.8) is 0 Å². The number of benzene rings is 1. The fourth-order valence-corrected chi connectivity index (χ4v) is 5.66. The molecule has 4 heterocycles. The molecule has 2 atom stereocenters. The molecule has 5 aliphatic rings. The second-order valence-electron chi connectivity index (χ2n) is 8.96. The Bertz CT molecular complexity index is 807. The maximum atomic E-state index is 13.1. The molecule has 162 valence electrons. The van der Waals surface area contributed by atoms with Crippen LogP contribution in [-0.4, -0.2) is 61.0 Å². The van der Waals surface area contributed by atoms with Crippen LogP contribution in [0.5, 0.6) is 5.75 Å². The van der Waals surface area contributed by atoms with Crippen molar-refractivity contribution in [1.29, 1.82) is 0 Å². The Balaban J connectivity index is 1.40. The van der Waals surface area contributed by atoms with Gasteiger partial charge in [-0.15, -0.1) is 0 Å². The smallest absolute Gasteiger partial charge is 0.407 e. The van der Waals surface area contributed by atoms with Crippen molar-refractivity contribution in [3.05, 3.63) is 29.8 Å². The lowest BCUT2D eigenvalue weighted by molar-refractivity contribution is -0.136. The van der Waals surface area contributed by atoms with Gasteiger partial charge in [0, 0.05) is 13.0 Å². The maximum absolute atomic E-state index is 13.1. The first kappa shape index (κ1) is 19.7. The number of hydrogen-bond acceptors (Lipinski definition) is 5. The monoisotopic (exact) mass is 414 g/mol. The van der Waals surface area contributed by atoms with Crippen molar-refractivity contribution in [1.82, 2.24) is 10.2 Å². The van der Waals surface area contributed by atoms with Crippen LogP contribution in [0.4, 0.5) is 4.79 Å². The molecule has 1 aromatic rings. The van der Waals surface area contributed by atoms with Crippen LogP contribution in [0.1, 0.15) is 56.4 Å². The van der Waals surface area contributed by atoms with Crippen LogP contribution in [-0.2, 0) is 14.3 Å². The van der Waals surface area contributed by atoms with Gasteiger partial charge in [-0.2, -0.15) is 0 Å². The van der Waals surface area contributed by atoms with E-state index in [1.54, 1.807) is 0 Å². The van der Waals surface area contributed by atoms with E-state index in [9.17, 15) is 9.59 Å². The molecule has 1 spiro atoms. The third-order valence-electron chi connectivity index (χ3n) is 7.36. The molecule has 2 bridgehead atoms. The summed E-state index contributed by atoms with van der Waals surface area (Å²) in [6, 6.07) is 8.07. The summed E-state index contributed by atoms with van der Waals surface area (Å²) in [5, 5.41) is 3.04. The van der Waals surface area contributed by atoms with E-state index in [0.717, 1.165) is 37.9 Å². The molecule has 2 amide bonds. The number of carbonyl (C=O) groups is 2. The topological polar surface area (TPSA) is 77.1 Å². The molecule has 1 aromatic carbocycles. The molecule has 2 saturated heterocycles. The predicted octanol–water partition coefficient (Wildman–Crippen LogP) is 2.98. The summed E-state index contributed by atoms with van der Waals surface area (Å²) >= 11 is 0. The quantitative estimate of drug-likeness (QED) is 0.706. The van der Waals surface area contributed by atoms with Crippen LogP contribution in [0.3, 0.4) is 0 Å². The molecule has 4 aliphatic heterocycles. The summed E-state index contributed by atoms with van der Waals surface area (Å²) in [5.74, 6) is 1.43. The largest absolute Gasteiger partial charge is 0.493 e. The second kappa shape index (κ2) is 8.10. The van der Waals surface area contributed by atoms with Crippen LogP contribution in [0.2, 0.25) is 0 Å². The fourth-order valence-electron chi connectivity index (χ4n) is 5.66. The Hall–Kier alpha value is -2.28. The summed E-state index contributed by atoms with van der Waals surface area (Å²) in [6.45, 7) is 1.82. The number of para-hydroxylation sites is 1. The molecule has 30 heavy (non-hydrogen) atoms.